The highest BCUT2D eigenvalue weighted by Gasteiger charge is 2.29. The van der Waals surface area contributed by atoms with Gasteiger partial charge >= 0.3 is 0 Å². The smallest absolute Gasteiger partial charge is 0.241 e. The third-order valence-electron chi connectivity index (χ3n) is 6.27. The van der Waals surface area contributed by atoms with Gasteiger partial charge in [0.15, 0.2) is 0 Å². The molecule has 2 aromatic carbocycles. The Morgan fingerprint density at radius 3 is 2.16 bits per heavy atom. The minimum absolute atomic E-state index is 0.0307. The van der Waals surface area contributed by atoms with E-state index >= 15 is 0 Å². The molecule has 6 heteroatoms. The standard InChI is InChI=1S/C25H34N2O3S/c1-18-14-19(2)24(20(3)15-18)31(29,30)26-16-21-10-12-23(13-11-21)25(28)27(4)17-22-8-6-5-7-9-22/h5-9,14-15,21,23,26H,10-13,16-17H2,1-4H3. The average Bonchev–Trinajstić information content (AvgIpc) is 2.72. The number of carbonyl (C=O) groups is 1. The van der Waals surface area contributed by atoms with E-state index < -0.39 is 10.0 Å². The van der Waals surface area contributed by atoms with Gasteiger partial charge in [0.1, 0.15) is 0 Å². The molecule has 0 aromatic heterocycles. The summed E-state index contributed by atoms with van der Waals surface area (Å²) in [5.74, 6) is 0.487. The first-order valence-corrected chi connectivity index (χ1v) is 12.5. The molecule has 168 valence electrons. The summed E-state index contributed by atoms with van der Waals surface area (Å²) in [6.45, 7) is 6.71. The number of nitrogens with one attached hydrogen (secondary N) is 1. The Balaban J connectivity index is 1.51. The summed E-state index contributed by atoms with van der Waals surface area (Å²) in [7, 11) is -1.68. The fourth-order valence-corrected chi connectivity index (χ4v) is 6.32. The van der Waals surface area contributed by atoms with Crippen molar-refractivity contribution in [2.24, 2.45) is 11.8 Å². The van der Waals surface area contributed by atoms with Crippen LogP contribution >= 0.6 is 0 Å². The Kier molecular flexibility index (Phi) is 7.55. The van der Waals surface area contributed by atoms with Crippen molar-refractivity contribution in [2.75, 3.05) is 13.6 Å². The predicted octanol–water partition coefficient (Wildman–Crippen LogP) is 4.36. The van der Waals surface area contributed by atoms with Crippen LogP contribution in [0.1, 0.15) is 47.9 Å². The van der Waals surface area contributed by atoms with Crippen molar-refractivity contribution in [3.8, 4) is 0 Å². The van der Waals surface area contributed by atoms with Gasteiger partial charge < -0.3 is 4.90 Å². The van der Waals surface area contributed by atoms with Gasteiger partial charge in [-0.1, -0.05) is 48.0 Å². The molecule has 0 bridgehead atoms. The van der Waals surface area contributed by atoms with Crippen molar-refractivity contribution in [3.63, 3.8) is 0 Å². The quantitative estimate of drug-likeness (QED) is 0.693. The molecule has 1 saturated carbocycles. The number of rotatable bonds is 7. The molecule has 0 spiro atoms. The second-order valence-corrected chi connectivity index (χ2v) is 10.7. The van der Waals surface area contributed by atoms with E-state index in [-0.39, 0.29) is 17.7 Å². The normalized spacial score (nSPS) is 19.2. The van der Waals surface area contributed by atoms with Gasteiger partial charge in [-0.25, -0.2) is 13.1 Å². The Morgan fingerprint density at radius 2 is 1.58 bits per heavy atom. The summed E-state index contributed by atoms with van der Waals surface area (Å²) in [5, 5.41) is 0. The molecule has 1 aliphatic rings. The monoisotopic (exact) mass is 442 g/mol. The maximum Gasteiger partial charge on any atom is 0.241 e. The van der Waals surface area contributed by atoms with Gasteiger partial charge in [0, 0.05) is 26.1 Å². The van der Waals surface area contributed by atoms with Gasteiger partial charge in [-0.2, -0.15) is 0 Å². The van der Waals surface area contributed by atoms with Crippen LogP contribution in [0.15, 0.2) is 47.4 Å². The minimum atomic E-state index is -3.54. The van der Waals surface area contributed by atoms with E-state index in [1.807, 2.05) is 75.2 Å². The Hall–Kier alpha value is -2.18. The van der Waals surface area contributed by atoms with Crippen molar-refractivity contribution in [3.05, 3.63) is 64.7 Å². The maximum absolute atomic E-state index is 12.9. The molecular weight excluding hydrogens is 408 g/mol. The zero-order valence-corrected chi connectivity index (χ0v) is 19.8. The number of aryl methyl sites for hydroxylation is 3. The number of amides is 1. The van der Waals surface area contributed by atoms with E-state index in [4.69, 9.17) is 0 Å². The molecule has 2 aromatic rings. The number of carbonyl (C=O) groups excluding carboxylic acids is 1. The first-order valence-electron chi connectivity index (χ1n) is 11.0. The van der Waals surface area contributed by atoms with Crippen LogP contribution in [-0.2, 0) is 21.4 Å². The van der Waals surface area contributed by atoms with E-state index in [9.17, 15) is 13.2 Å². The molecule has 0 radical (unpaired) electrons. The molecule has 0 atom stereocenters. The van der Waals surface area contributed by atoms with Crippen molar-refractivity contribution >= 4 is 15.9 Å². The Morgan fingerprint density at radius 1 is 1.00 bits per heavy atom. The van der Waals surface area contributed by atoms with Crippen LogP contribution in [0.25, 0.3) is 0 Å². The summed E-state index contributed by atoms with van der Waals surface area (Å²) in [6.07, 6.45) is 3.35. The molecule has 3 rings (SSSR count). The molecule has 1 aliphatic carbocycles. The lowest BCUT2D eigenvalue weighted by Gasteiger charge is -2.30. The third kappa shape index (κ3) is 5.95. The lowest BCUT2D eigenvalue weighted by atomic mass is 9.81. The zero-order chi connectivity index (χ0) is 22.6. The van der Waals surface area contributed by atoms with E-state index in [0.29, 0.717) is 18.0 Å². The topological polar surface area (TPSA) is 66.5 Å². The van der Waals surface area contributed by atoms with Gasteiger partial charge in [-0.15, -0.1) is 0 Å². The van der Waals surface area contributed by atoms with Gasteiger partial charge in [0.25, 0.3) is 0 Å². The van der Waals surface area contributed by atoms with Crippen molar-refractivity contribution in [1.82, 2.24) is 9.62 Å². The predicted molar refractivity (Wildman–Crippen MR) is 124 cm³/mol. The van der Waals surface area contributed by atoms with Crippen LogP contribution in [0, 0.1) is 32.6 Å². The summed E-state index contributed by atoms with van der Waals surface area (Å²) >= 11 is 0. The molecule has 0 saturated heterocycles. The summed E-state index contributed by atoms with van der Waals surface area (Å²) in [6, 6.07) is 13.8. The van der Waals surface area contributed by atoms with Crippen LogP contribution in [0.5, 0.6) is 0 Å². The largest absolute Gasteiger partial charge is 0.341 e. The number of sulfonamides is 1. The molecule has 31 heavy (non-hydrogen) atoms. The Bertz CT molecular complexity index is 987. The zero-order valence-electron chi connectivity index (χ0n) is 19.0. The highest BCUT2D eigenvalue weighted by molar-refractivity contribution is 7.89. The maximum atomic E-state index is 12.9. The molecule has 0 heterocycles. The molecule has 0 unspecified atom stereocenters. The lowest BCUT2D eigenvalue weighted by Crippen LogP contribution is -2.37. The number of hydrogen-bond acceptors (Lipinski definition) is 3. The lowest BCUT2D eigenvalue weighted by molar-refractivity contribution is -0.136. The average molecular weight is 443 g/mol. The highest BCUT2D eigenvalue weighted by atomic mass is 32.2. The van der Waals surface area contributed by atoms with Gasteiger partial charge in [-0.3, -0.25) is 4.79 Å². The van der Waals surface area contributed by atoms with Crippen LogP contribution in [0.2, 0.25) is 0 Å². The third-order valence-corrected chi connectivity index (χ3v) is 8.00. The van der Waals surface area contributed by atoms with Crippen LogP contribution in [0.4, 0.5) is 0 Å². The summed E-state index contributed by atoms with van der Waals surface area (Å²) in [5.41, 5.74) is 3.75. The van der Waals surface area contributed by atoms with E-state index in [0.717, 1.165) is 47.9 Å². The van der Waals surface area contributed by atoms with Crippen molar-refractivity contribution in [1.29, 1.82) is 0 Å². The summed E-state index contributed by atoms with van der Waals surface area (Å²) in [4.78, 5) is 15.0. The van der Waals surface area contributed by atoms with E-state index in [1.165, 1.54) is 0 Å². The summed E-state index contributed by atoms with van der Waals surface area (Å²) < 4.78 is 28.6. The SMILES string of the molecule is Cc1cc(C)c(S(=O)(=O)NCC2CCC(C(=O)N(C)Cc3ccccc3)CC2)c(C)c1. The number of hydrogen-bond donors (Lipinski definition) is 1. The van der Waals surface area contributed by atoms with Crippen LogP contribution < -0.4 is 4.72 Å². The van der Waals surface area contributed by atoms with Crippen molar-refractivity contribution in [2.45, 2.75) is 57.9 Å². The number of nitrogens with zero attached hydrogens (tertiary/aromatic N) is 1. The van der Waals surface area contributed by atoms with Gasteiger partial charge in [-0.05, 0) is 69.1 Å². The molecule has 1 N–H and O–H groups in total. The van der Waals surface area contributed by atoms with Gasteiger partial charge in [0.2, 0.25) is 15.9 Å². The van der Waals surface area contributed by atoms with Crippen LogP contribution in [0.3, 0.4) is 0 Å². The fraction of sp³-hybridized carbons (Fsp3) is 0.480. The van der Waals surface area contributed by atoms with E-state index in [2.05, 4.69) is 4.72 Å². The molecule has 5 nitrogen and oxygen atoms in total. The Labute approximate surface area is 186 Å². The first kappa shape index (κ1) is 23.5. The van der Waals surface area contributed by atoms with Crippen LogP contribution in [-0.4, -0.2) is 32.8 Å². The highest BCUT2D eigenvalue weighted by Crippen LogP contribution is 2.30. The molecule has 1 fully saturated rings. The number of benzene rings is 2. The van der Waals surface area contributed by atoms with Gasteiger partial charge in [0.05, 0.1) is 4.90 Å². The van der Waals surface area contributed by atoms with Crippen molar-refractivity contribution < 1.29 is 13.2 Å². The second-order valence-electron chi connectivity index (χ2n) is 8.98. The minimum Gasteiger partial charge on any atom is -0.341 e. The second kappa shape index (κ2) is 9.96. The molecular formula is C25H34N2O3S. The molecule has 1 amide bonds. The molecule has 0 aliphatic heterocycles. The van der Waals surface area contributed by atoms with E-state index in [1.54, 1.807) is 0 Å². The first-order chi connectivity index (χ1) is 14.7. The fourth-order valence-electron chi connectivity index (χ4n) is 4.75.